The lowest BCUT2D eigenvalue weighted by Crippen LogP contribution is -2.20. The van der Waals surface area contributed by atoms with Crippen molar-refractivity contribution in [3.8, 4) is 5.75 Å². The van der Waals surface area contributed by atoms with Gasteiger partial charge in [0.05, 0.1) is 12.8 Å². The van der Waals surface area contributed by atoms with Gasteiger partial charge < -0.3 is 14.6 Å². The van der Waals surface area contributed by atoms with E-state index in [4.69, 9.17) is 4.74 Å². The summed E-state index contributed by atoms with van der Waals surface area (Å²) in [5.41, 5.74) is 2.64. The zero-order valence-corrected chi connectivity index (χ0v) is 18.3. The number of ether oxygens (including phenoxy) is 1. The lowest BCUT2D eigenvalue weighted by atomic mass is 10.1. The smallest absolute Gasteiger partial charge is 0.242 e. The molecule has 1 fully saturated rings. The van der Waals surface area contributed by atoms with E-state index >= 15 is 0 Å². The van der Waals surface area contributed by atoms with Crippen LogP contribution in [0.2, 0.25) is 0 Å². The van der Waals surface area contributed by atoms with Crippen LogP contribution in [0.4, 0.5) is 5.69 Å². The molecule has 0 radical (unpaired) electrons. The molecule has 0 saturated heterocycles. The van der Waals surface area contributed by atoms with Crippen molar-refractivity contribution in [2.24, 2.45) is 0 Å². The number of nitrogens with zero attached hydrogens (tertiary/aromatic N) is 3. The maximum atomic E-state index is 13.4. The Hall–Kier alpha value is -2.80. The van der Waals surface area contributed by atoms with Gasteiger partial charge in [-0.2, -0.15) is 0 Å². The monoisotopic (exact) mass is 422 g/mol. The number of thioether (sulfide) groups is 1. The first-order valence-corrected chi connectivity index (χ1v) is 11.1. The second-order valence-electron chi connectivity index (χ2n) is 7.46. The highest BCUT2D eigenvalue weighted by atomic mass is 32.2. The van der Waals surface area contributed by atoms with Crippen LogP contribution in [0, 0.1) is 6.92 Å². The zero-order chi connectivity index (χ0) is 21.1. The van der Waals surface area contributed by atoms with Crippen LogP contribution in [0.15, 0.2) is 53.7 Å². The molecule has 0 aliphatic heterocycles. The molecular formula is C23H26N4O2S. The number of carbonyl (C=O) groups is 1. The maximum absolute atomic E-state index is 13.4. The molecule has 6 nitrogen and oxygen atoms in total. The van der Waals surface area contributed by atoms with Gasteiger partial charge in [-0.25, -0.2) is 0 Å². The van der Waals surface area contributed by atoms with E-state index in [2.05, 4.69) is 27.0 Å². The van der Waals surface area contributed by atoms with Crippen molar-refractivity contribution in [1.29, 1.82) is 0 Å². The average molecular weight is 423 g/mol. The summed E-state index contributed by atoms with van der Waals surface area (Å²) < 4.78 is 7.57. The van der Waals surface area contributed by atoms with Gasteiger partial charge in [0.1, 0.15) is 16.8 Å². The molecule has 2 aromatic carbocycles. The van der Waals surface area contributed by atoms with Crippen molar-refractivity contribution in [2.45, 2.75) is 49.6 Å². The lowest BCUT2D eigenvalue weighted by molar-refractivity contribution is -0.115. The summed E-state index contributed by atoms with van der Waals surface area (Å²) >= 11 is 1.44. The molecule has 3 aromatic rings. The normalized spacial score (nSPS) is 14.4. The van der Waals surface area contributed by atoms with Crippen LogP contribution in [0.3, 0.4) is 0 Å². The number of hydrogen-bond acceptors (Lipinski definition) is 5. The van der Waals surface area contributed by atoms with Crippen molar-refractivity contribution >= 4 is 23.4 Å². The van der Waals surface area contributed by atoms with Crippen LogP contribution in [0.5, 0.6) is 5.75 Å². The number of rotatable bonds is 8. The second kappa shape index (κ2) is 8.92. The van der Waals surface area contributed by atoms with E-state index in [1.54, 1.807) is 7.11 Å². The van der Waals surface area contributed by atoms with Gasteiger partial charge in [-0.3, -0.25) is 4.79 Å². The minimum Gasteiger partial charge on any atom is -0.495 e. The fraction of sp³-hybridized carbons (Fsp3) is 0.348. The molecular weight excluding hydrogens is 396 g/mol. The molecule has 156 valence electrons. The molecule has 1 N–H and O–H groups in total. The molecule has 30 heavy (non-hydrogen) atoms. The molecule has 7 heteroatoms. The van der Waals surface area contributed by atoms with Gasteiger partial charge in [0.2, 0.25) is 5.91 Å². The van der Waals surface area contributed by atoms with E-state index in [0.29, 0.717) is 17.4 Å². The summed E-state index contributed by atoms with van der Waals surface area (Å²) in [6, 6.07) is 15.5. The lowest BCUT2D eigenvalue weighted by Gasteiger charge is -2.18. The first-order valence-electron chi connectivity index (χ1n) is 10.2. The molecule has 0 bridgehead atoms. The highest BCUT2D eigenvalue weighted by Gasteiger charge is 2.32. The number of methoxy groups -OCH3 is 1. The predicted octanol–water partition coefficient (Wildman–Crippen LogP) is 4.96. The number of amides is 1. The number of benzene rings is 2. The summed E-state index contributed by atoms with van der Waals surface area (Å²) in [5.74, 6) is 2.06. The standard InChI is InChI=1S/C23H26N4O2S/c1-4-27-21(17-11-12-17)25-26-23(27)30-20(16-8-6-5-7-9-16)22(28)24-18-14-15(2)10-13-19(18)29-3/h5-10,13-14,17,20H,4,11-12H2,1-3H3,(H,24,28)/t20-/m1/s1. The Morgan fingerprint density at radius 2 is 2.00 bits per heavy atom. The van der Waals surface area contributed by atoms with Gasteiger partial charge in [0, 0.05) is 12.5 Å². The van der Waals surface area contributed by atoms with E-state index in [9.17, 15) is 4.79 Å². The molecule has 0 unspecified atom stereocenters. The first-order chi connectivity index (χ1) is 14.6. The quantitative estimate of drug-likeness (QED) is 0.519. The fourth-order valence-electron chi connectivity index (χ4n) is 3.45. The van der Waals surface area contributed by atoms with Gasteiger partial charge in [0.15, 0.2) is 5.16 Å². The minimum atomic E-state index is -0.460. The topological polar surface area (TPSA) is 69.0 Å². The third kappa shape index (κ3) is 4.36. The van der Waals surface area contributed by atoms with Crippen LogP contribution >= 0.6 is 11.8 Å². The summed E-state index contributed by atoms with van der Waals surface area (Å²) in [6.45, 7) is 4.87. The van der Waals surface area contributed by atoms with Crippen LogP contribution in [-0.4, -0.2) is 27.8 Å². The number of nitrogens with one attached hydrogen (secondary N) is 1. The minimum absolute atomic E-state index is 0.117. The molecule has 1 heterocycles. The molecule has 1 aromatic heterocycles. The van der Waals surface area contributed by atoms with E-state index < -0.39 is 5.25 Å². The third-order valence-corrected chi connectivity index (χ3v) is 6.42. The van der Waals surface area contributed by atoms with Crippen molar-refractivity contribution in [1.82, 2.24) is 14.8 Å². The Morgan fingerprint density at radius 1 is 1.23 bits per heavy atom. The van der Waals surface area contributed by atoms with Gasteiger partial charge in [0.25, 0.3) is 0 Å². The van der Waals surface area contributed by atoms with Crippen molar-refractivity contribution in [3.63, 3.8) is 0 Å². The van der Waals surface area contributed by atoms with Gasteiger partial charge in [-0.15, -0.1) is 10.2 Å². The number of aromatic nitrogens is 3. The highest BCUT2D eigenvalue weighted by molar-refractivity contribution is 8.00. The van der Waals surface area contributed by atoms with Crippen LogP contribution in [0.25, 0.3) is 0 Å². The number of carbonyl (C=O) groups excluding carboxylic acids is 1. The molecule has 1 saturated carbocycles. The average Bonchev–Trinajstić information content (AvgIpc) is 3.52. The van der Waals surface area contributed by atoms with Crippen LogP contribution in [-0.2, 0) is 11.3 Å². The van der Waals surface area contributed by atoms with Gasteiger partial charge in [-0.1, -0.05) is 48.2 Å². The van der Waals surface area contributed by atoms with Crippen molar-refractivity contribution in [2.75, 3.05) is 12.4 Å². The van der Waals surface area contributed by atoms with Gasteiger partial charge in [-0.05, 0) is 49.9 Å². The fourth-order valence-corrected chi connectivity index (χ4v) is 4.56. The Bertz CT molecular complexity index is 1030. The van der Waals surface area contributed by atoms with Gasteiger partial charge >= 0.3 is 0 Å². The molecule has 4 rings (SSSR count). The predicted molar refractivity (Wildman–Crippen MR) is 119 cm³/mol. The SMILES string of the molecule is CCn1c(S[C@@H](C(=O)Nc2cc(C)ccc2OC)c2ccccc2)nnc1C1CC1. The number of hydrogen-bond donors (Lipinski definition) is 1. The highest BCUT2D eigenvalue weighted by Crippen LogP contribution is 2.42. The number of aryl methyl sites for hydroxylation is 1. The second-order valence-corrected chi connectivity index (χ2v) is 8.53. The van der Waals surface area contributed by atoms with Crippen LogP contribution in [0.1, 0.15) is 47.9 Å². The summed E-state index contributed by atoms with van der Waals surface area (Å²) in [7, 11) is 1.60. The molecule has 1 atom stereocenters. The number of anilines is 1. The Morgan fingerprint density at radius 3 is 2.67 bits per heavy atom. The molecule has 1 aliphatic rings. The third-order valence-electron chi connectivity index (χ3n) is 5.18. The maximum Gasteiger partial charge on any atom is 0.242 e. The Kier molecular flexibility index (Phi) is 6.08. The molecule has 1 aliphatic carbocycles. The summed E-state index contributed by atoms with van der Waals surface area (Å²) in [6.07, 6.45) is 2.33. The van der Waals surface area contributed by atoms with Crippen molar-refractivity contribution in [3.05, 3.63) is 65.5 Å². The summed E-state index contributed by atoms with van der Waals surface area (Å²) in [5, 5.41) is 12.2. The van der Waals surface area contributed by atoms with E-state index in [0.717, 1.165) is 28.7 Å². The van der Waals surface area contributed by atoms with Crippen molar-refractivity contribution < 1.29 is 9.53 Å². The zero-order valence-electron chi connectivity index (χ0n) is 17.5. The molecule has 1 amide bonds. The van der Waals surface area contributed by atoms with Crippen LogP contribution < -0.4 is 10.1 Å². The Labute approximate surface area is 181 Å². The molecule has 0 spiro atoms. The van der Waals surface area contributed by atoms with E-state index in [1.807, 2.05) is 55.5 Å². The Balaban J connectivity index is 1.64. The summed E-state index contributed by atoms with van der Waals surface area (Å²) in [4.78, 5) is 13.4. The largest absolute Gasteiger partial charge is 0.495 e. The van der Waals surface area contributed by atoms with E-state index in [-0.39, 0.29) is 5.91 Å². The van der Waals surface area contributed by atoms with E-state index in [1.165, 1.54) is 24.6 Å². The first kappa shape index (κ1) is 20.5.